The molecular weight excluding hydrogens is 331 g/mol. The number of amides is 1. The minimum Gasteiger partial charge on any atom is -0.357 e. The molecule has 1 aromatic rings. The molecule has 2 rings (SSSR count). The molecule has 1 aromatic carbocycles. The van der Waals surface area contributed by atoms with Crippen LogP contribution in [0, 0.1) is 12.7 Å². The Hall–Kier alpha value is -2.11. The fourth-order valence-electron chi connectivity index (χ4n) is 3.22. The number of nitrogens with zero attached hydrogens (tertiary/aromatic N) is 2. The molecule has 1 fully saturated rings. The van der Waals surface area contributed by atoms with Crippen molar-refractivity contribution in [2.45, 2.75) is 59.0 Å². The van der Waals surface area contributed by atoms with Gasteiger partial charge in [-0.15, -0.1) is 0 Å². The van der Waals surface area contributed by atoms with Crippen molar-refractivity contribution in [1.29, 1.82) is 0 Å². The molecule has 1 saturated heterocycles. The minimum atomic E-state index is -0.201. The summed E-state index contributed by atoms with van der Waals surface area (Å²) in [5, 5.41) is 6.40. The highest BCUT2D eigenvalue weighted by Gasteiger charge is 2.22. The van der Waals surface area contributed by atoms with E-state index in [-0.39, 0.29) is 11.7 Å². The first-order valence-electron chi connectivity index (χ1n) is 9.58. The number of halogens is 1. The summed E-state index contributed by atoms with van der Waals surface area (Å²) in [5.41, 5.74) is 1.58. The summed E-state index contributed by atoms with van der Waals surface area (Å²) >= 11 is 0. The van der Waals surface area contributed by atoms with Gasteiger partial charge in [0.05, 0.1) is 6.54 Å². The molecule has 144 valence electrons. The molecule has 1 amide bonds. The Morgan fingerprint density at radius 3 is 2.85 bits per heavy atom. The van der Waals surface area contributed by atoms with Gasteiger partial charge in [-0.1, -0.05) is 12.1 Å². The van der Waals surface area contributed by atoms with E-state index < -0.39 is 0 Å². The van der Waals surface area contributed by atoms with Crippen molar-refractivity contribution in [2.24, 2.45) is 4.99 Å². The fourth-order valence-corrected chi connectivity index (χ4v) is 3.22. The number of hydrogen-bond donors (Lipinski definition) is 2. The molecule has 0 aromatic heterocycles. The molecule has 1 unspecified atom stereocenters. The molecule has 2 N–H and O–H groups in total. The zero-order valence-electron chi connectivity index (χ0n) is 16.1. The van der Waals surface area contributed by atoms with E-state index in [1.165, 1.54) is 12.5 Å². The van der Waals surface area contributed by atoms with Gasteiger partial charge in [-0.3, -0.25) is 4.79 Å². The maximum absolute atomic E-state index is 13.3. The van der Waals surface area contributed by atoms with Crippen molar-refractivity contribution in [3.05, 3.63) is 35.1 Å². The number of aliphatic imine (C=N–C) groups is 1. The van der Waals surface area contributed by atoms with Crippen LogP contribution >= 0.6 is 0 Å². The van der Waals surface area contributed by atoms with Crippen LogP contribution in [-0.2, 0) is 11.3 Å². The Bertz CT molecular complexity index is 632. The molecule has 1 atom stereocenters. The highest BCUT2D eigenvalue weighted by Crippen LogP contribution is 2.17. The number of guanidine groups is 1. The molecular formula is C20H31FN4O. The van der Waals surface area contributed by atoms with Gasteiger partial charge in [0.25, 0.3) is 0 Å². The molecule has 0 bridgehead atoms. The lowest BCUT2D eigenvalue weighted by Gasteiger charge is -2.33. The maximum atomic E-state index is 13.3. The van der Waals surface area contributed by atoms with E-state index in [1.54, 1.807) is 13.0 Å². The first-order valence-corrected chi connectivity index (χ1v) is 9.58. The van der Waals surface area contributed by atoms with Gasteiger partial charge in [0.2, 0.25) is 5.91 Å². The van der Waals surface area contributed by atoms with Crippen LogP contribution in [0.5, 0.6) is 0 Å². The number of aryl methyl sites for hydroxylation is 1. The summed E-state index contributed by atoms with van der Waals surface area (Å²) in [6, 6.07) is 5.37. The lowest BCUT2D eigenvalue weighted by Crippen LogP contribution is -2.44. The predicted octanol–water partition coefficient (Wildman–Crippen LogP) is 2.98. The van der Waals surface area contributed by atoms with E-state index in [2.05, 4.69) is 22.5 Å². The number of likely N-dealkylation sites (tertiary alicyclic amines) is 1. The van der Waals surface area contributed by atoms with Crippen LogP contribution in [0.2, 0.25) is 0 Å². The Labute approximate surface area is 156 Å². The smallest absolute Gasteiger partial charge is 0.224 e. The van der Waals surface area contributed by atoms with Crippen molar-refractivity contribution in [1.82, 2.24) is 15.5 Å². The van der Waals surface area contributed by atoms with E-state index in [9.17, 15) is 9.18 Å². The van der Waals surface area contributed by atoms with Crippen molar-refractivity contribution in [3.63, 3.8) is 0 Å². The second kappa shape index (κ2) is 10.1. The number of carbonyl (C=O) groups excluding carboxylic acids is 1. The average molecular weight is 362 g/mol. The minimum absolute atomic E-state index is 0.201. The molecule has 1 aliphatic heterocycles. The monoisotopic (exact) mass is 362 g/mol. The second-order valence-corrected chi connectivity index (χ2v) is 6.89. The van der Waals surface area contributed by atoms with Gasteiger partial charge >= 0.3 is 0 Å². The third kappa shape index (κ3) is 6.00. The van der Waals surface area contributed by atoms with Gasteiger partial charge < -0.3 is 15.5 Å². The van der Waals surface area contributed by atoms with Crippen LogP contribution in [0.3, 0.4) is 0 Å². The maximum Gasteiger partial charge on any atom is 0.224 e. The SMILES string of the molecule is CCNC(=NCc1ccc(F)c(C)c1)NCCC(=O)N1CCCCC1C. The van der Waals surface area contributed by atoms with Gasteiger partial charge in [0.1, 0.15) is 5.82 Å². The van der Waals surface area contributed by atoms with Crippen LogP contribution in [0.4, 0.5) is 4.39 Å². The summed E-state index contributed by atoms with van der Waals surface area (Å²) in [6.45, 7) is 8.51. The highest BCUT2D eigenvalue weighted by molar-refractivity contribution is 5.81. The van der Waals surface area contributed by atoms with Crippen LogP contribution in [0.1, 0.15) is 50.7 Å². The van der Waals surface area contributed by atoms with E-state index in [4.69, 9.17) is 0 Å². The molecule has 0 aliphatic carbocycles. The van der Waals surface area contributed by atoms with Crippen LogP contribution in [0.25, 0.3) is 0 Å². The van der Waals surface area contributed by atoms with Crippen molar-refractivity contribution >= 4 is 11.9 Å². The van der Waals surface area contributed by atoms with Gasteiger partial charge in [-0.2, -0.15) is 0 Å². The quantitative estimate of drug-likeness (QED) is 0.604. The molecule has 5 nitrogen and oxygen atoms in total. The Balaban J connectivity index is 1.84. The second-order valence-electron chi connectivity index (χ2n) is 6.89. The largest absolute Gasteiger partial charge is 0.357 e. The molecule has 0 radical (unpaired) electrons. The average Bonchev–Trinajstić information content (AvgIpc) is 2.62. The van der Waals surface area contributed by atoms with Gasteiger partial charge in [0.15, 0.2) is 5.96 Å². The zero-order valence-corrected chi connectivity index (χ0v) is 16.1. The number of benzene rings is 1. The summed E-state index contributed by atoms with van der Waals surface area (Å²) in [7, 11) is 0. The number of hydrogen-bond acceptors (Lipinski definition) is 2. The third-order valence-corrected chi connectivity index (χ3v) is 4.74. The van der Waals surface area contributed by atoms with Crippen molar-refractivity contribution < 1.29 is 9.18 Å². The topological polar surface area (TPSA) is 56.7 Å². The van der Waals surface area contributed by atoms with Gasteiger partial charge in [0, 0.05) is 32.1 Å². The van der Waals surface area contributed by atoms with E-state index in [0.29, 0.717) is 37.1 Å². The number of piperidine rings is 1. The normalized spacial score (nSPS) is 17.9. The number of carbonyl (C=O) groups is 1. The molecule has 26 heavy (non-hydrogen) atoms. The number of rotatable bonds is 6. The van der Waals surface area contributed by atoms with Crippen LogP contribution in [0.15, 0.2) is 23.2 Å². The van der Waals surface area contributed by atoms with Crippen molar-refractivity contribution in [2.75, 3.05) is 19.6 Å². The highest BCUT2D eigenvalue weighted by atomic mass is 19.1. The Kier molecular flexibility index (Phi) is 7.88. The van der Waals surface area contributed by atoms with E-state index >= 15 is 0 Å². The summed E-state index contributed by atoms with van der Waals surface area (Å²) in [6.07, 6.45) is 3.87. The number of nitrogens with one attached hydrogen (secondary N) is 2. The zero-order chi connectivity index (χ0) is 18.9. The lowest BCUT2D eigenvalue weighted by molar-refractivity contribution is -0.134. The molecule has 0 saturated carbocycles. The predicted molar refractivity (Wildman–Crippen MR) is 104 cm³/mol. The standard InChI is InChI=1S/C20H31FN4O/c1-4-22-20(24-14-17-8-9-18(21)15(2)13-17)23-11-10-19(26)25-12-6-5-7-16(25)3/h8-9,13,16H,4-7,10-12,14H2,1-3H3,(H2,22,23,24). The van der Waals surface area contributed by atoms with Gasteiger partial charge in [-0.05, 0) is 57.2 Å². The summed E-state index contributed by atoms with van der Waals surface area (Å²) < 4.78 is 13.3. The molecule has 1 heterocycles. The first kappa shape index (κ1) is 20.2. The van der Waals surface area contributed by atoms with E-state index in [1.807, 2.05) is 17.9 Å². The van der Waals surface area contributed by atoms with Crippen LogP contribution in [-0.4, -0.2) is 42.4 Å². The molecule has 0 spiro atoms. The van der Waals surface area contributed by atoms with Gasteiger partial charge in [-0.25, -0.2) is 9.38 Å². The Morgan fingerprint density at radius 2 is 2.15 bits per heavy atom. The third-order valence-electron chi connectivity index (χ3n) is 4.74. The van der Waals surface area contributed by atoms with Crippen molar-refractivity contribution in [3.8, 4) is 0 Å². The first-order chi connectivity index (χ1) is 12.5. The lowest BCUT2D eigenvalue weighted by atomic mass is 10.0. The Morgan fingerprint density at radius 1 is 1.35 bits per heavy atom. The summed E-state index contributed by atoms with van der Waals surface area (Å²) in [4.78, 5) is 18.9. The fraction of sp³-hybridized carbons (Fsp3) is 0.600. The molecule has 1 aliphatic rings. The van der Waals surface area contributed by atoms with Crippen LogP contribution < -0.4 is 10.6 Å². The van der Waals surface area contributed by atoms with E-state index in [0.717, 1.165) is 31.5 Å². The molecule has 6 heteroatoms. The summed E-state index contributed by atoms with van der Waals surface area (Å²) in [5.74, 6) is 0.678.